The Morgan fingerprint density at radius 2 is 2.00 bits per heavy atom. The number of benzene rings is 2. The second-order valence-corrected chi connectivity index (χ2v) is 7.11. The fourth-order valence-corrected chi connectivity index (χ4v) is 3.15. The summed E-state index contributed by atoms with van der Waals surface area (Å²) < 4.78 is 3.29. The molecule has 0 spiro atoms. The Morgan fingerprint density at radius 3 is 2.78 bits per heavy atom. The van der Waals surface area contributed by atoms with E-state index in [1.54, 1.807) is 24.3 Å². The molecule has 0 aliphatic carbocycles. The summed E-state index contributed by atoms with van der Waals surface area (Å²) in [4.78, 5) is 26.2. The van der Waals surface area contributed by atoms with Crippen molar-refractivity contribution in [3.05, 3.63) is 52.9 Å². The third kappa shape index (κ3) is 4.70. The summed E-state index contributed by atoms with van der Waals surface area (Å²) in [5, 5.41) is 9.95. The number of hydrogen-bond donors (Lipinski definition) is 3. The molecule has 0 radical (unpaired) electrons. The fourth-order valence-electron chi connectivity index (χ4n) is 2.47. The third-order valence-electron chi connectivity index (χ3n) is 3.85. The van der Waals surface area contributed by atoms with Crippen LogP contribution in [0.5, 0.6) is 0 Å². The minimum atomic E-state index is -0.295. The SMILES string of the molecule is CN(C)CCNSc1ccc2c(c1)/C(=N/Nc1ccccc1N=O)C(=O)N2. The topological polar surface area (TPSA) is 98.2 Å². The van der Waals surface area contributed by atoms with E-state index in [2.05, 4.69) is 30.6 Å². The number of hydrogen-bond acceptors (Lipinski definition) is 8. The molecule has 0 atom stereocenters. The number of carbonyl (C=O) groups is 1. The number of carbonyl (C=O) groups excluding carboxylic acids is 1. The molecule has 1 aliphatic heterocycles. The highest BCUT2D eigenvalue weighted by atomic mass is 32.2. The number of nitrogens with zero attached hydrogens (tertiary/aromatic N) is 3. The molecule has 3 N–H and O–H groups in total. The number of anilines is 2. The van der Waals surface area contributed by atoms with Crippen molar-refractivity contribution in [2.75, 3.05) is 37.9 Å². The zero-order valence-electron chi connectivity index (χ0n) is 15.0. The standard InChI is InChI=1S/C18H20N6O2S/c1-24(2)10-9-19-27-12-7-8-14-13(11-12)17(18(25)20-14)22-21-15-5-3-4-6-16(15)23-26/h3-8,11,19,21H,9-10H2,1-2H3,(H,20,22,25). The molecular weight excluding hydrogens is 364 g/mol. The normalized spacial score (nSPS) is 14.3. The van der Waals surface area contributed by atoms with Gasteiger partial charge in [-0.1, -0.05) is 12.1 Å². The van der Waals surface area contributed by atoms with E-state index in [-0.39, 0.29) is 17.3 Å². The molecule has 1 heterocycles. The van der Waals surface area contributed by atoms with Crippen molar-refractivity contribution in [1.82, 2.24) is 9.62 Å². The van der Waals surface area contributed by atoms with Crippen LogP contribution in [0.25, 0.3) is 0 Å². The van der Waals surface area contributed by atoms with E-state index in [1.807, 2.05) is 32.3 Å². The van der Waals surface area contributed by atoms with E-state index in [4.69, 9.17) is 0 Å². The lowest BCUT2D eigenvalue weighted by atomic mass is 10.1. The molecule has 140 valence electrons. The van der Waals surface area contributed by atoms with Gasteiger partial charge in [-0.2, -0.15) is 5.10 Å². The molecule has 2 aromatic rings. The van der Waals surface area contributed by atoms with Crippen LogP contribution in [0.1, 0.15) is 5.56 Å². The monoisotopic (exact) mass is 384 g/mol. The predicted molar refractivity (Wildman–Crippen MR) is 110 cm³/mol. The summed E-state index contributed by atoms with van der Waals surface area (Å²) >= 11 is 1.50. The molecule has 0 unspecified atom stereocenters. The number of nitroso groups, excluding NO2 is 1. The van der Waals surface area contributed by atoms with Crippen LogP contribution in [0.4, 0.5) is 17.1 Å². The lowest BCUT2D eigenvalue weighted by Gasteiger charge is -2.10. The van der Waals surface area contributed by atoms with Crippen LogP contribution in [0.2, 0.25) is 0 Å². The first-order valence-electron chi connectivity index (χ1n) is 8.35. The molecule has 2 aromatic carbocycles. The van der Waals surface area contributed by atoms with Crippen LogP contribution in [-0.2, 0) is 4.79 Å². The molecule has 0 fully saturated rings. The average Bonchev–Trinajstić information content (AvgIpc) is 2.98. The Hall–Kier alpha value is -2.75. The van der Waals surface area contributed by atoms with E-state index in [1.165, 1.54) is 11.9 Å². The van der Waals surface area contributed by atoms with E-state index in [0.717, 1.165) is 18.0 Å². The molecule has 1 amide bonds. The first-order valence-corrected chi connectivity index (χ1v) is 9.16. The molecule has 0 aromatic heterocycles. The Balaban J connectivity index is 1.76. The molecule has 27 heavy (non-hydrogen) atoms. The highest BCUT2D eigenvalue weighted by Gasteiger charge is 2.26. The maximum atomic E-state index is 12.3. The number of fused-ring (bicyclic) bond motifs is 1. The summed E-state index contributed by atoms with van der Waals surface area (Å²) in [6.07, 6.45) is 0. The smallest absolute Gasteiger partial charge is 0.276 e. The molecule has 1 aliphatic rings. The molecule has 0 bridgehead atoms. The van der Waals surface area contributed by atoms with Crippen LogP contribution in [0.3, 0.4) is 0 Å². The van der Waals surface area contributed by atoms with E-state index in [9.17, 15) is 9.70 Å². The van der Waals surface area contributed by atoms with Crippen LogP contribution in [0.15, 0.2) is 57.6 Å². The van der Waals surface area contributed by atoms with Crippen molar-refractivity contribution >= 4 is 40.6 Å². The van der Waals surface area contributed by atoms with E-state index in [0.29, 0.717) is 16.9 Å². The Labute approximate surface area is 161 Å². The van der Waals surface area contributed by atoms with Gasteiger partial charge in [0.05, 0.1) is 11.4 Å². The summed E-state index contributed by atoms with van der Waals surface area (Å²) in [7, 11) is 4.04. The summed E-state index contributed by atoms with van der Waals surface area (Å²) in [5.41, 5.74) is 5.13. The largest absolute Gasteiger partial charge is 0.320 e. The van der Waals surface area contributed by atoms with Crippen molar-refractivity contribution in [1.29, 1.82) is 0 Å². The third-order valence-corrected chi connectivity index (χ3v) is 4.69. The number of likely N-dealkylation sites (N-methyl/N-ethyl adjacent to an activating group) is 1. The van der Waals surface area contributed by atoms with Crippen molar-refractivity contribution in [3.63, 3.8) is 0 Å². The van der Waals surface area contributed by atoms with Crippen LogP contribution >= 0.6 is 11.9 Å². The number of para-hydroxylation sites is 1. The Bertz CT molecular complexity index is 884. The van der Waals surface area contributed by atoms with Crippen molar-refractivity contribution in [2.45, 2.75) is 4.90 Å². The quantitative estimate of drug-likeness (QED) is 0.280. The van der Waals surface area contributed by atoms with Gasteiger partial charge in [-0.3, -0.25) is 14.9 Å². The van der Waals surface area contributed by atoms with E-state index < -0.39 is 0 Å². The first kappa shape index (κ1) is 19.0. The molecule has 9 heteroatoms. The zero-order chi connectivity index (χ0) is 19.2. The Morgan fingerprint density at radius 1 is 1.19 bits per heavy atom. The second-order valence-electron chi connectivity index (χ2n) is 6.14. The van der Waals surface area contributed by atoms with Gasteiger partial charge in [-0.05, 0) is 61.6 Å². The van der Waals surface area contributed by atoms with Crippen molar-refractivity contribution < 1.29 is 4.79 Å². The van der Waals surface area contributed by atoms with Gasteiger partial charge in [0.2, 0.25) is 0 Å². The van der Waals surface area contributed by atoms with Crippen molar-refractivity contribution in [2.24, 2.45) is 10.3 Å². The minimum Gasteiger partial charge on any atom is -0.320 e. The lowest BCUT2D eigenvalue weighted by Crippen LogP contribution is -2.22. The molecule has 3 rings (SSSR count). The van der Waals surface area contributed by atoms with Gasteiger partial charge in [0.15, 0.2) is 5.71 Å². The highest BCUT2D eigenvalue weighted by Crippen LogP contribution is 2.29. The maximum Gasteiger partial charge on any atom is 0.276 e. The number of amides is 1. The van der Waals surface area contributed by atoms with Crippen molar-refractivity contribution in [3.8, 4) is 0 Å². The maximum absolute atomic E-state index is 12.3. The van der Waals surface area contributed by atoms with Gasteiger partial charge >= 0.3 is 0 Å². The average molecular weight is 384 g/mol. The predicted octanol–water partition coefficient (Wildman–Crippen LogP) is 3.01. The first-order chi connectivity index (χ1) is 13.1. The molecular formula is C18H20N6O2S. The van der Waals surface area contributed by atoms with Gasteiger partial charge in [-0.15, -0.1) is 4.91 Å². The van der Waals surface area contributed by atoms with E-state index >= 15 is 0 Å². The number of nitrogens with one attached hydrogen (secondary N) is 3. The summed E-state index contributed by atoms with van der Waals surface area (Å²) in [6, 6.07) is 12.4. The summed E-state index contributed by atoms with van der Waals surface area (Å²) in [5.74, 6) is -0.295. The van der Waals surface area contributed by atoms with Gasteiger partial charge < -0.3 is 10.2 Å². The fraction of sp³-hybridized carbons (Fsp3) is 0.222. The molecule has 0 saturated heterocycles. The van der Waals surface area contributed by atoms with Gasteiger partial charge in [0.1, 0.15) is 5.69 Å². The minimum absolute atomic E-state index is 0.231. The van der Waals surface area contributed by atoms with Gasteiger partial charge in [-0.25, -0.2) is 0 Å². The van der Waals surface area contributed by atoms with Crippen LogP contribution < -0.4 is 15.5 Å². The number of hydrazone groups is 1. The zero-order valence-corrected chi connectivity index (χ0v) is 15.8. The Kier molecular flexibility index (Phi) is 6.17. The van der Waals surface area contributed by atoms with Crippen LogP contribution in [0, 0.1) is 4.91 Å². The molecule has 8 nitrogen and oxygen atoms in total. The highest BCUT2D eigenvalue weighted by molar-refractivity contribution is 7.97. The van der Waals surface area contributed by atoms with Gasteiger partial charge in [0.25, 0.3) is 5.91 Å². The van der Waals surface area contributed by atoms with Gasteiger partial charge in [0, 0.05) is 23.5 Å². The second kappa shape index (κ2) is 8.76. The number of rotatable bonds is 8. The van der Waals surface area contributed by atoms with Crippen LogP contribution in [-0.4, -0.2) is 43.7 Å². The molecule has 0 saturated carbocycles. The summed E-state index contributed by atoms with van der Waals surface area (Å²) in [6.45, 7) is 1.77. The lowest BCUT2D eigenvalue weighted by molar-refractivity contribution is -0.110.